The Labute approximate surface area is 164 Å². The molecule has 2 amide bonds. The van der Waals surface area contributed by atoms with Gasteiger partial charge in [0.25, 0.3) is 5.91 Å². The fraction of sp³-hybridized carbons (Fsp3) is 0.391. The normalized spacial score (nSPS) is 23.8. The van der Waals surface area contributed by atoms with Gasteiger partial charge in [0.05, 0.1) is 6.04 Å². The highest BCUT2D eigenvalue weighted by Crippen LogP contribution is 2.46. The van der Waals surface area contributed by atoms with Crippen LogP contribution in [0.15, 0.2) is 42.5 Å². The van der Waals surface area contributed by atoms with E-state index in [1.165, 1.54) is 11.6 Å². The van der Waals surface area contributed by atoms with Gasteiger partial charge in [0.1, 0.15) is 5.82 Å². The van der Waals surface area contributed by atoms with E-state index in [1.54, 1.807) is 26.0 Å². The first-order valence-electron chi connectivity index (χ1n) is 9.75. The van der Waals surface area contributed by atoms with Crippen LogP contribution in [0.2, 0.25) is 0 Å². The first-order valence-corrected chi connectivity index (χ1v) is 9.75. The third-order valence-corrected chi connectivity index (χ3v) is 6.27. The first-order chi connectivity index (χ1) is 13.4. The molecule has 2 aromatic rings. The van der Waals surface area contributed by atoms with Crippen molar-refractivity contribution in [2.24, 2.45) is 11.8 Å². The number of likely N-dealkylation sites (tertiary alicyclic amines) is 2. The number of amides is 2. The largest absolute Gasteiger partial charge is 0.338 e. The fourth-order valence-electron chi connectivity index (χ4n) is 4.81. The van der Waals surface area contributed by atoms with Crippen molar-refractivity contribution in [3.05, 3.63) is 70.5 Å². The molecule has 0 unspecified atom stereocenters. The molecule has 3 atom stereocenters. The van der Waals surface area contributed by atoms with Gasteiger partial charge in [0.2, 0.25) is 5.91 Å². The SMILES string of the molecule is CC(=O)N1C[C@H]2CN(C(=O)c3ccc(F)c(C)c3)C[C@H]2[C@H]1c1ccccc1C. The van der Waals surface area contributed by atoms with Gasteiger partial charge in [-0.3, -0.25) is 9.59 Å². The summed E-state index contributed by atoms with van der Waals surface area (Å²) in [6.07, 6.45) is 0. The number of benzene rings is 2. The summed E-state index contributed by atoms with van der Waals surface area (Å²) < 4.78 is 13.6. The van der Waals surface area contributed by atoms with E-state index in [0.29, 0.717) is 30.8 Å². The van der Waals surface area contributed by atoms with Gasteiger partial charge in [-0.15, -0.1) is 0 Å². The molecule has 2 heterocycles. The molecule has 4 nitrogen and oxygen atoms in total. The van der Waals surface area contributed by atoms with E-state index in [9.17, 15) is 14.0 Å². The highest BCUT2D eigenvalue weighted by molar-refractivity contribution is 5.94. The Balaban J connectivity index is 1.61. The zero-order valence-corrected chi connectivity index (χ0v) is 16.5. The quantitative estimate of drug-likeness (QED) is 0.796. The second-order valence-electron chi connectivity index (χ2n) is 8.07. The zero-order chi connectivity index (χ0) is 20.0. The number of hydrogen-bond donors (Lipinski definition) is 0. The molecular formula is C23H25FN2O2. The topological polar surface area (TPSA) is 40.6 Å². The van der Waals surface area contributed by atoms with Crippen LogP contribution in [0.4, 0.5) is 4.39 Å². The van der Waals surface area contributed by atoms with Gasteiger partial charge in [0.15, 0.2) is 0 Å². The summed E-state index contributed by atoms with van der Waals surface area (Å²) in [5.41, 5.74) is 3.33. The molecule has 2 aliphatic rings. The molecule has 4 rings (SSSR count). The van der Waals surface area contributed by atoms with Gasteiger partial charge in [-0.1, -0.05) is 24.3 Å². The number of fused-ring (bicyclic) bond motifs is 1. The molecule has 0 N–H and O–H groups in total. The van der Waals surface area contributed by atoms with Gasteiger partial charge in [-0.25, -0.2) is 4.39 Å². The molecule has 0 aliphatic carbocycles. The maximum Gasteiger partial charge on any atom is 0.253 e. The van der Waals surface area contributed by atoms with Crippen LogP contribution in [-0.2, 0) is 4.79 Å². The minimum absolute atomic E-state index is 0.00328. The third kappa shape index (κ3) is 3.09. The van der Waals surface area contributed by atoms with E-state index in [1.807, 2.05) is 21.9 Å². The van der Waals surface area contributed by atoms with Crippen LogP contribution in [-0.4, -0.2) is 41.2 Å². The van der Waals surface area contributed by atoms with Crippen molar-refractivity contribution in [3.63, 3.8) is 0 Å². The highest BCUT2D eigenvalue weighted by Gasteiger charge is 2.49. The smallest absolute Gasteiger partial charge is 0.253 e. The summed E-state index contributed by atoms with van der Waals surface area (Å²) in [4.78, 5) is 29.1. The molecule has 28 heavy (non-hydrogen) atoms. The number of halogens is 1. The molecule has 2 fully saturated rings. The second kappa shape index (κ2) is 7.04. The van der Waals surface area contributed by atoms with Crippen molar-refractivity contribution >= 4 is 11.8 Å². The van der Waals surface area contributed by atoms with E-state index in [0.717, 1.165) is 5.56 Å². The van der Waals surface area contributed by atoms with Crippen molar-refractivity contribution < 1.29 is 14.0 Å². The Morgan fingerprint density at radius 2 is 1.75 bits per heavy atom. The zero-order valence-electron chi connectivity index (χ0n) is 16.5. The predicted octanol–water partition coefficient (Wildman–Crippen LogP) is 3.73. The summed E-state index contributed by atoms with van der Waals surface area (Å²) in [6.45, 7) is 7.28. The van der Waals surface area contributed by atoms with Crippen LogP contribution in [0.5, 0.6) is 0 Å². The maximum atomic E-state index is 13.6. The molecule has 0 spiro atoms. The van der Waals surface area contributed by atoms with E-state index < -0.39 is 0 Å². The van der Waals surface area contributed by atoms with Gasteiger partial charge in [0, 0.05) is 44.0 Å². The van der Waals surface area contributed by atoms with Crippen molar-refractivity contribution in [1.29, 1.82) is 0 Å². The van der Waals surface area contributed by atoms with E-state index in [2.05, 4.69) is 19.1 Å². The minimum Gasteiger partial charge on any atom is -0.338 e. The van der Waals surface area contributed by atoms with E-state index in [-0.39, 0.29) is 35.5 Å². The van der Waals surface area contributed by atoms with Crippen molar-refractivity contribution in [2.75, 3.05) is 19.6 Å². The molecule has 5 heteroatoms. The Morgan fingerprint density at radius 3 is 2.43 bits per heavy atom. The molecule has 0 aromatic heterocycles. The Bertz CT molecular complexity index is 942. The summed E-state index contributed by atoms with van der Waals surface area (Å²) >= 11 is 0. The molecule has 0 radical (unpaired) electrons. The van der Waals surface area contributed by atoms with Gasteiger partial charge >= 0.3 is 0 Å². The average Bonchev–Trinajstić information content (AvgIpc) is 3.22. The second-order valence-corrected chi connectivity index (χ2v) is 8.07. The summed E-state index contributed by atoms with van der Waals surface area (Å²) in [7, 11) is 0. The van der Waals surface area contributed by atoms with Crippen LogP contribution in [0.1, 0.15) is 40.0 Å². The standard InChI is InChI=1S/C23H25FN2O2/c1-14-6-4-5-7-19(14)22-20-13-25(11-18(20)12-26(22)16(3)27)23(28)17-8-9-21(24)15(2)10-17/h4-10,18,20,22H,11-13H2,1-3H3/t18-,20-,22-/m1/s1. The number of rotatable bonds is 2. The summed E-state index contributed by atoms with van der Waals surface area (Å²) in [5.74, 6) is 0.200. The maximum absolute atomic E-state index is 13.6. The number of aryl methyl sites for hydroxylation is 2. The Hall–Kier alpha value is -2.69. The number of carbonyl (C=O) groups excluding carboxylic acids is 2. The summed E-state index contributed by atoms with van der Waals surface area (Å²) in [5, 5.41) is 0. The lowest BCUT2D eigenvalue weighted by Crippen LogP contribution is -2.36. The lowest BCUT2D eigenvalue weighted by molar-refractivity contribution is -0.130. The lowest BCUT2D eigenvalue weighted by Gasteiger charge is -2.30. The van der Waals surface area contributed by atoms with Crippen molar-refractivity contribution in [2.45, 2.75) is 26.8 Å². The van der Waals surface area contributed by atoms with Gasteiger partial charge in [-0.05, 0) is 48.7 Å². The van der Waals surface area contributed by atoms with Crippen LogP contribution in [0.25, 0.3) is 0 Å². The molecule has 2 aromatic carbocycles. The average molecular weight is 380 g/mol. The monoisotopic (exact) mass is 380 g/mol. The van der Waals surface area contributed by atoms with Crippen LogP contribution >= 0.6 is 0 Å². The van der Waals surface area contributed by atoms with E-state index in [4.69, 9.17) is 0 Å². The third-order valence-electron chi connectivity index (χ3n) is 6.27. The minimum atomic E-state index is -0.299. The van der Waals surface area contributed by atoms with Crippen molar-refractivity contribution in [3.8, 4) is 0 Å². The number of carbonyl (C=O) groups is 2. The number of nitrogens with zero attached hydrogens (tertiary/aromatic N) is 2. The van der Waals surface area contributed by atoms with Crippen LogP contribution in [0.3, 0.4) is 0 Å². The number of hydrogen-bond acceptors (Lipinski definition) is 2. The first kappa shape index (κ1) is 18.7. The van der Waals surface area contributed by atoms with Crippen LogP contribution in [0, 0.1) is 31.5 Å². The molecular weight excluding hydrogens is 355 g/mol. The molecule has 0 bridgehead atoms. The van der Waals surface area contributed by atoms with Gasteiger partial charge in [-0.2, -0.15) is 0 Å². The van der Waals surface area contributed by atoms with Crippen molar-refractivity contribution in [1.82, 2.24) is 9.80 Å². The molecule has 2 saturated heterocycles. The highest BCUT2D eigenvalue weighted by atomic mass is 19.1. The molecule has 146 valence electrons. The summed E-state index contributed by atoms with van der Waals surface area (Å²) in [6, 6.07) is 12.7. The Kier molecular flexibility index (Phi) is 4.69. The molecule has 2 aliphatic heterocycles. The van der Waals surface area contributed by atoms with E-state index >= 15 is 0 Å². The Morgan fingerprint density at radius 1 is 1.00 bits per heavy atom. The fourth-order valence-corrected chi connectivity index (χ4v) is 4.81. The lowest BCUT2D eigenvalue weighted by atomic mass is 9.87. The van der Waals surface area contributed by atoms with Gasteiger partial charge < -0.3 is 9.80 Å². The molecule has 0 saturated carbocycles. The predicted molar refractivity (Wildman–Crippen MR) is 105 cm³/mol. The van der Waals surface area contributed by atoms with Crippen LogP contribution < -0.4 is 0 Å².